The summed E-state index contributed by atoms with van der Waals surface area (Å²) in [7, 11) is -3.77. The molecule has 2 aromatic carbocycles. The van der Waals surface area contributed by atoms with E-state index < -0.39 is 10.0 Å². The van der Waals surface area contributed by atoms with Crippen LogP contribution < -0.4 is 9.46 Å². The van der Waals surface area contributed by atoms with Crippen LogP contribution in [0.1, 0.15) is 37.8 Å². The average molecular weight is 412 g/mol. The molecule has 0 unspecified atom stereocenters. The summed E-state index contributed by atoms with van der Waals surface area (Å²) in [6, 6.07) is 10.8. The minimum absolute atomic E-state index is 0.122. The van der Waals surface area contributed by atoms with Crippen LogP contribution in [0.5, 0.6) is 5.75 Å². The summed E-state index contributed by atoms with van der Waals surface area (Å²) in [6.07, 6.45) is 0. The Morgan fingerprint density at radius 2 is 1.92 bits per heavy atom. The van der Waals surface area contributed by atoms with Gasteiger partial charge in [-0.1, -0.05) is 48.0 Å². The van der Waals surface area contributed by atoms with Gasteiger partial charge in [-0.25, -0.2) is 8.42 Å². The van der Waals surface area contributed by atoms with E-state index in [0.717, 1.165) is 11.1 Å². The fraction of sp³-hybridized carbons (Fsp3) is 0.333. The number of ether oxygens (including phenoxy) is 1. The van der Waals surface area contributed by atoms with E-state index in [0.29, 0.717) is 22.5 Å². The molecule has 0 amide bonds. The van der Waals surface area contributed by atoms with E-state index in [9.17, 15) is 8.42 Å². The molecule has 24 heavy (non-hydrogen) atoms. The molecule has 0 aliphatic carbocycles. The summed E-state index contributed by atoms with van der Waals surface area (Å²) < 4.78 is 34.8. The van der Waals surface area contributed by atoms with Crippen LogP contribution in [0.2, 0.25) is 0 Å². The van der Waals surface area contributed by atoms with Crippen molar-refractivity contribution in [1.82, 2.24) is 0 Å². The normalized spacial score (nSPS) is 11.6. The van der Waals surface area contributed by atoms with Gasteiger partial charge in [-0.05, 0) is 49.1 Å². The molecule has 0 saturated heterocycles. The van der Waals surface area contributed by atoms with Gasteiger partial charge in [-0.3, -0.25) is 4.72 Å². The van der Waals surface area contributed by atoms with Crippen LogP contribution in [-0.2, 0) is 10.0 Å². The summed E-state index contributed by atoms with van der Waals surface area (Å²) in [5, 5.41) is 0. The zero-order chi connectivity index (χ0) is 17.9. The largest absolute Gasteiger partial charge is 0.492 e. The lowest BCUT2D eigenvalue weighted by atomic mass is 9.99. The first kappa shape index (κ1) is 18.8. The Kier molecular flexibility index (Phi) is 5.93. The molecule has 0 aliphatic rings. The molecule has 2 aromatic rings. The molecule has 0 spiro atoms. The standard InChI is InChI=1S/C18H22BrNO3S/c1-5-23-16-10-9-14(19)11-17(16)24(21,22)20-18-13(4)7-6-8-15(18)12(2)3/h6-12,20H,5H2,1-4H3. The molecule has 2 rings (SSSR count). The van der Waals surface area contributed by atoms with E-state index in [1.54, 1.807) is 18.2 Å². The Labute approximate surface area is 152 Å². The number of rotatable bonds is 6. The Hall–Kier alpha value is -1.53. The van der Waals surface area contributed by atoms with Crippen molar-refractivity contribution in [3.63, 3.8) is 0 Å². The number of hydrogen-bond donors (Lipinski definition) is 1. The highest BCUT2D eigenvalue weighted by Crippen LogP contribution is 2.33. The highest BCUT2D eigenvalue weighted by atomic mass is 79.9. The van der Waals surface area contributed by atoms with Crippen LogP contribution in [0.3, 0.4) is 0 Å². The Bertz CT molecular complexity index is 832. The molecule has 130 valence electrons. The molecule has 0 radical (unpaired) electrons. The monoisotopic (exact) mass is 411 g/mol. The number of para-hydroxylation sites is 1. The van der Waals surface area contributed by atoms with Crippen molar-refractivity contribution in [2.75, 3.05) is 11.3 Å². The third-order valence-electron chi connectivity index (χ3n) is 3.66. The van der Waals surface area contributed by atoms with Crippen molar-refractivity contribution >= 4 is 31.6 Å². The fourth-order valence-corrected chi connectivity index (χ4v) is 4.31. The van der Waals surface area contributed by atoms with Gasteiger partial charge in [-0.2, -0.15) is 0 Å². The number of benzene rings is 2. The van der Waals surface area contributed by atoms with Crippen LogP contribution >= 0.6 is 15.9 Å². The Balaban J connectivity index is 2.53. The zero-order valence-electron chi connectivity index (χ0n) is 14.3. The van der Waals surface area contributed by atoms with Crippen molar-refractivity contribution in [1.29, 1.82) is 0 Å². The Morgan fingerprint density at radius 3 is 2.54 bits per heavy atom. The lowest BCUT2D eigenvalue weighted by molar-refractivity contribution is 0.331. The average Bonchev–Trinajstić information content (AvgIpc) is 2.50. The molecular formula is C18H22BrNO3S. The van der Waals surface area contributed by atoms with Gasteiger partial charge in [-0.15, -0.1) is 0 Å². The van der Waals surface area contributed by atoms with Gasteiger partial charge in [0.2, 0.25) is 0 Å². The summed E-state index contributed by atoms with van der Waals surface area (Å²) in [5.41, 5.74) is 2.49. The quantitative estimate of drug-likeness (QED) is 0.720. The summed E-state index contributed by atoms with van der Waals surface area (Å²) in [4.78, 5) is 0.122. The van der Waals surface area contributed by atoms with Crippen LogP contribution in [0, 0.1) is 6.92 Å². The second-order valence-corrected chi connectivity index (χ2v) is 8.39. The van der Waals surface area contributed by atoms with Crippen molar-refractivity contribution in [3.8, 4) is 5.75 Å². The van der Waals surface area contributed by atoms with E-state index in [2.05, 4.69) is 20.7 Å². The van der Waals surface area contributed by atoms with E-state index >= 15 is 0 Å². The fourth-order valence-electron chi connectivity index (χ4n) is 2.47. The van der Waals surface area contributed by atoms with Crippen LogP contribution in [-0.4, -0.2) is 15.0 Å². The predicted molar refractivity (Wildman–Crippen MR) is 101 cm³/mol. The highest BCUT2D eigenvalue weighted by molar-refractivity contribution is 9.10. The van der Waals surface area contributed by atoms with Gasteiger partial charge in [0.15, 0.2) is 0 Å². The second kappa shape index (κ2) is 7.57. The minimum atomic E-state index is -3.77. The number of aryl methyl sites for hydroxylation is 1. The maximum atomic E-state index is 13.0. The lowest BCUT2D eigenvalue weighted by Gasteiger charge is -2.18. The summed E-state index contributed by atoms with van der Waals surface area (Å²) in [5.74, 6) is 0.546. The minimum Gasteiger partial charge on any atom is -0.492 e. The zero-order valence-corrected chi connectivity index (χ0v) is 16.7. The third-order valence-corrected chi connectivity index (χ3v) is 5.52. The first-order valence-electron chi connectivity index (χ1n) is 7.81. The number of nitrogens with one attached hydrogen (secondary N) is 1. The lowest BCUT2D eigenvalue weighted by Crippen LogP contribution is -2.17. The van der Waals surface area contributed by atoms with Crippen molar-refractivity contribution in [2.24, 2.45) is 0 Å². The van der Waals surface area contributed by atoms with Gasteiger partial charge in [0.1, 0.15) is 10.6 Å². The van der Waals surface area contributed by atoms with E-state index in [4.69, 9.17) is 4.74 Å². The molecule has 6 heteroatoms. The van der Waals surface area contributed by atoms with Crippen LogP contribution in [0.15, 0.2) is 45.8 Å². The molecular weight excluding hydrogens is 390 g/mol. The number of halogens is 1. The van der Waals surface area contributed by atoms with E-state index in [1.165, 1.54) is 0 Å². The van der Waals surface area contributed by atoms with Crippen LogP contribution in [0.4, 0.5) is 5.69 Å². The molecule has 1 N–H and O–H groups in total. The van der Waals surface area contributed by atoms with Gasteiger partial charge in [0.25, 0.3) is 10.0 Å². The van der Waals surface area contributed by atoms with Crippen LogP contribution in [0.25, 0.3) is 0 Å². The maximum absolute atomic E-state index is 13.0. The predicted octanol–water partition coefficient (Wildman–Crippen LogP) is 5.08. The van der Waals surface area contributed by atoms with E-state index in [-0.39, 0.29) is 10.8 Å². The molecule has 0 aliphatic heterocycles. The second-order valence-electron chi connectivity index (χ2n) is 5.82. The smallest absolute Gasteiger partial charge is 0.265 e. The number of sulfonamides is 1. The first-order chi connectivity index (χ1) is 11.3. The maximum Gasteiger partial charge on any atom is 0.265 e. The van der Waals surface area contributed by atoms with Crippen molar-refractivity contribution in [2.45, 2.75) is 38.5 Å². The number of hydrogen-bond acceptors (Lipinski definition) is 3. The van der Waals surface area contributed by atoms with Gasteiger partial charge < -0.3 is 4.74 Å². The third kappa shape index (κ3) is 4.11. The van der Waals surface area contributed by atoms with E-state index in [1.807, 2.05) is 45.9 Å². The number of anilines is 1. The van der Waals surface area contributed by atoms with Crippen molar-refractivity contribution in [3.05, 3.63) is 52.0 Å². The topological polar surface area (TPSA) is 55.4 Å². The molecule has 0 fully saturated rings. The molecule has 0 bridgehead atoms. The summed E-state index contributed by atoms with van der Waals surface area (Å²) in [6.45, 7) is 8.19. The van der Waals surface area contributed by atoms with Crippen molar-refractivity contribution < 1.29 is 13.2 Å². The van der Waals surface area contributed by atoms with Gasteiger partial charge in [0, 0.05) is 4.47 Å². The van der Waals surface area contributed by atoms with Gasteiger partial charge in [0.05, 0.1) is 12.3 Å². The Morgan fingerprint density at radius 1 is 1.21 bits per heavy atom. The highest BCUT2D eigenvalue weighted by Gasteiger charge is 2.23. The molecule has 0 saturated carbocycles. The summed E-state index contributed by atoms with van der Waals surface area (Å²) >= 11 is 3.33. The molecule has 4 nitrogen and oxygen atoms in total. The SMILES string of the molecule is CCOc1ccc(Br)cc1S(=O)(=O)Nc1c(C)cccc1C(C)C. The molecule has 0 aromatic heterocycles. The molecule has 0 heterocycles. The molecule has 0 atom stereocenters. The first-order valence-corrected chi connectivity index (χ1v) is 10.1. The van der Waals surface area contributed by atoms with Gasteiger partial charge >= 0.3 is 0 Å².